The zero-order valence-electron chi connectivity index (χ0n) is 16.0. The van der Waals surface area contributed by atoms with Gasteiger partial charge in [0.1, 0.15) is 0 Å². The molecule has 3 rings (SSSR count). The summed E-state index contributed by atoms with van der Waals surface area (Å²) in [5.41, 5.74) is 5.34. The van der Waals surface area contributed by atoms with Crippen LogP contribution in [0, 0.1) is 0 Å². The summed E-state index contributed by atoms with van der Waals surface area (Å²) in [4.78, 5) is 11.3. The van der Waals surface area contributed by atoms with Gasteiger partial charge < -0.3 is 10.4 Å². The largest absolute Gasteiger partial charge is 0.465 e. The minimum absolute atomic E-state index is 0.0278. The third-order valence-electron chi connectivity index (χ3n) is 5.31. The molecule has 2 aromatic rings. The number of hydrogen-bond donors (Lipinski definition) is 2. The quantitative estimate of drug-likeness (QED) is 0.610. The molecule has 0 heterocycles. The molecule has 0 aromatic heterocycles. The van der Waals surface area contributed by atoms with Gasteiger partial charge in [0.25, 0.3) is 0 Å². The summed E-state index contributed by atoms with van der Waals surface area (Å²) in [6.45, 7) is 2.22. The van der Waals surface area contributed by atoms with Crippen molar-refractivity contribution in [2.24, 2.45) is 0 Å². The van der Waals surface area contributed by atoms with Crippen LogP contribution in [0.5, 0.6) is 0 Å². The van der Waals surface area contributed by atoms with Crippen LogP contribution in [0.2, 0.25) is 0 Å². The van der Waals surface area contributed by atoms with Gasteiger partial charge >= 0.3 is 6.09 Å². The fourth-order valence-electron chi connectivity index (χ4n) is 3.99. The van der Waals surface area contributed by atoms with Crippen molar-refractivity contribution >= 4 is 17.9 Å². The van der Waals surface area contributed by atoms with Crippen LogP contribution in [-0.2, 0) is 19.3 Å². The second-order valence-electron chi connectivity index (χ2n) is 7.29. The molecular weight excluding hydrogens is 354 g/mol. The van der Waals surface area contributed by atoms with Crippen molar-refractivity contribution in [3.63, 3.8) is 0 Å². The number of amides is 1. The zero-order chi connectivity index (χ0) is 19.1. The first-order valence-corrected chi connectivity index (χ1v) is 11.1. The summed E-state index contributed by atoms with van der Waals surface area (Å²) >= 11 is 2.01. The van der Waals surface area contributed by atoms with E-state index in [1.165, 1.54) is 34.4 Å². The van der Waals surface area contributed by atoms with E-state index in [0.717, 1.165) is 31.4 Å². The lowest BCUT2D eigenvalue weighted by Crippen LogP contribution is -2.42. The third kappa shape index (κ3) is 5.52. The normalized spacial score (nSPS) is 18.7. The first-order chi connectivity index (χ1) is 13.2. The molecule has 2 aromatic carbocycles. The first-order valence-electron chi connectivity index (χ1n) is 9.90. The highest BCUT2D eigenvalue weighted by atomic mass is 32.2. The molecule has 0 spiro atoms. The highest BCUT2D eigenvalue weighted by molar-refractivity contribution is 7.99. The van der Waals surface area contributed by atoms with Crippen molar-refractivity contribution in [2.75, 3.05) is 11.5 Å². The van der Waals surface area contributed by atoms with Gasteiger partial charge in [-0.25, -0.2) is 4.79 Å². The summed E-state index contributed by atoms with van der Waals surface area (Å²) in [7, 11) is 0. The molecule has 2 unspecified atom stereocenters. The summed E-state index contributed by atoms with van der Waals surface area (Å²) in [5.74, 6) is 2.55. The molecule has 1 aliphatic carbocycles. The van der Waals surface area contributed by atoms with E-state index in [9.17, 15) is 9.90 Å². The van der Waals surface area contributed by atoms with Crippen molar-refractivity contribution < 1.29 is 9.90 Å². The number of fused-ring (bicyclic) bond motifs is 1. The molecule has 0 saturated carbocycles. The molecule has 2 atom stereocenters. The summed E-state index contributed by atoms with van der Waals surface area (Å²) in [6.07, 6.45) is 4.05. The van der Waals surface area contributed by atoms with Crippen molar-refractivity contribution in [2.45, 2.75) is 51.0 Å². The van der Waals surface area contributed by atoms with Crippen LogP contribution in [0.25, 0.3) is 0 Å². The fourth-order valence-corrected chi connectivity index (χ4v) is 4.86. The second-order valence-corrected chi connectivity index (χ2v) is 8.51. The van der Waals surface area contributed by atoms with Crippen LogP contribution >= 0.6 is 11.8 Å². The minimum Gasteiger partial charge on any atom is -0.465 e. The van der Waals surface area contributed by atoms with E-state index in [2.05, 4.69) is 54.7 Å². The molecule has 3 nitrogen and oxygen atoms in total. The third-order valence-corrected chi connectivity index (χ3v) is 6.50. The van der Waals surface area contributed by atoms with Gasteiger partial charge in [-0.3, -0.25) is 0 Å². The van der Waals surface area contributed by atoms with E-state index >= 15 is 0 Å². The predicted molar refractivity (Wildman–Crippen MR) is 114 cm³/mol. The van der Waals surface area contributed by atoms with Crippen LogP contribution in [0.4, 0.5) is 4.79 Å². The Hall–Kier alpha value is -1.94. The maximum absolute atomic E-state index is 11.3. The summed E-state index contributed by atoms with van der Waals surface area (Å²) in [5, 5.41) is 12.1. The first kappa shape index (κ1) is 19.8. The molecular formula is C23H29NO2S. The van der Waals surface area contributed by atoms with Crippen molar-refractivity contribution in [3.05, 3.63) is 70.8 Å². The number of benzene rings is 2. The lowest BCUT2D eigenvalue weighted by atomic mass is 9.75. The van der Waals surface area contributed by atoms with Crippen molar-refractivity contribution in [1.29, 1.82) is 0 Å². The van der Waals surface area contributed by atoms with Gasteiger partial charge in [-0.1, -0.05) is 55.5 Å². The van der Waals surface area contributed by atoms with E-state index in [1.54, 1.807) is 0 Å². The van der Waals surface area contributed by atoms with Gasteiger partial charge in [-0.05, 0) is 65.9 Å². The van der Waals surface area contributed by atoms with E-state index in [-0.39, 0.29) is 12.0 Å². The average molecular weight is 384 g/mol. The number of rotatable bonds is 8. The predicted octanol–water partition coefficient (Wildman–Crippen LogP) is 5.28. The van der Waals surface area contributed by atoms with Crippen LogP contribution in [-0.4, -0.2) is 28.7 Å². The molecule has 2 N–H and O–H groups in total. The molecule has 0 saturated heterocycles. The van der Waals surface area contributed by atoms with E-state index in [1.807, 2.05) is 17.8 Å². The Morgan fingerprint density at radius 3 is 2.70 bits per heavy atom. The number of nitrogens with one attached hydrogen (secondary N) is 1. The molecule has 144 valence electrons. The van der Waals surface area contributed by atoms with Crippen molar-refractivity contribution in [3.8, 4) is 0 Å². The number of thioether (sulfide) groups is 1. The van der Waals surface area contributed by atoms with Crippen LogP contribution in [0.3, 0.4) is 0 Å². The smallest absolute Gasteiger partial charge is 0.404 e. The lowest BCUT2D eigenvalue weighted by molar-refractivity contribution is 0.185. The van der Waals surface area contributed by atoms with E-state index in [4.69, 9.17) is 0 Å². The maximum Gasteiger partial charge on any atom is 0.404 e. The fraction of sp³-hybridized carbons (Fsp3) is 0.435. The maximum atomic E-state index is 11.3. The number of hydrogen-bond acceptors (Lipinski definition) is 2. The van der Waals surface area contributed by atoms with Gasteiger partial charge in [-0.2, -0.15) is 11.8 Å². The molecule has 0 fully saturated rings. The molecule has 0 radical (unpaired) electrons. The van der Waals surface area contributed by atoms with E-state index in [0.29, 0.717) is 0 Å². The molecule has 4 heteroatoms. The van der Waals surface area contributed by atoms with E-state index < -0.39 is 6.09 Å². The molecule has 1 aliphatic rings. The zero-order valence-corrected chi connectivity index (χ0v) is 16.8. The molecule has 0 aliphatic heterocycles. The van der Waals surface area contributed by atoms with Gasteiger partial charge in [0.15, 0.2) is 0 Å². The Balaban J connectivity index is 1.83. The monoisotopic (exact) mass is 383 g/mol. The SMILES string of the molecule is CCCSCCc1ccc2c(c1)C(Cc1ccccc1)C(NC(=O)O)CC2. The standard InChI is InChI=1S/C23H29NO2S/c1-2-13-27-14-12-18-8-9-19-10-11-22(24-23(25)26)21(20(19)15-18)16-17-6-4-3-5-7-17/h3-9,15,21-22,24H,2,10-14,16H2,1H3,(H,25,26). The Morgan fingerprint density at radius 2 is 1.96 bits per heavy atom. The summed E-state index contributed by atoms with van der Waals surface area (Å²) < 4.78 is 0. The Labute approximate surface area is 166 Å². The van der Waals surface area contributed by atoms with Crippen LogP contribution in [0.15, 0.2) is 48.5 Å². The Kier molecular flexibility index (Phi) is 7.22. The topological polar surface area (TPSA) is 49.3 Å². The summed E-state index contributed by atoms with van der Waals surface area (Å²) in [6, 6.07) is 17.2. The van der Waals surface area contributed by atoms with Gasteiger partial charge in [0.05, 0.1) is 0 Å². The van der Waals surface area contributed by atoms with Gasteiger partial charge in [-0.15, -0.1) is 0 Å². The molecule has 27 heavy (non-hydrogen) atoms. The molecule has 1 amide bonds. The highest BCUT2D eigenvalue weighted by Crippen LogP contribution is 2.35. The lowest BCUT2D eigenvalue weighted by Gasteiger charge is -2.34. The molecule has 0 bridgehead atoms. The van der Waals surface area contributed by atoms with Crippen LogP contribution in [0.1, 0.15) is 47.9 Å². The Bertz CT molecular complexity index is 747. The Morgan fingerprint density at radius 1 is 1.15 bits per heavy atom. The van der Waals surface area contributed by atoms with Crippen LogP contribution < -0.4 is 5.32 Å². The number of carbonyl (C=O) groups is 1. The van der Waals surface area contributed by atoms with Gasteiger partial charge in [0, 0.05) is 12.0 Å². The van der Waals surface area contributed by atoms with Gasteiger partial charge in [0.2, 0.25) is 0 Å². The number of aryl methyl sites for hydroxylation is 2. The second kappa shape index (κ2) is 9.84. The average Bonchev–Trinajstić information content (AvgIpc) is 2.67. The van der Waals surface area contributed by atoms with Crippen molar-refractivity contribution in [1.82, 2.24) is 5.32 Å². The minimum atomic E-state index is -0.923. The highest BCUT2D eigenvalue weighted by Gasteiger charge is 2.31. The number of carboxylic acid groups (broad SMARTS) is 1.